The quantitative estimate of drug-likeness (QED) is 0.501. The summed E-state index contributed by atoms with van der Waals surface area (Å²) in [6.45, 7) is 8.30. The lowest BCUT2D eigenvalue weighted by Crippen LogP contribution is -2.24. The summed E-state index contributed by atoms with van der Waals surface area (Å²) in [6.07, 6.45) is 7.90. The van der Waals surface area contributed by atoms with Gasteiger partial charge in [0.2, 0.25) is 0 Å². The van der Waals surface area contributed by atoms with Gasteiger partial charge in [-0.15, -0.1) is 0 Å². The van der Waals surface area contributed by atoms with Crippen LogP contribution in [-0.4, -0.2) is 11.1 Å². The average Bonchev–Trinajstić information content (AvgIpc) is 2.67. The molecule has 0 amide bonds. The smallest absolute Gasteiger partial charge is 0.119 e. The molecule has 1 aromatic heterocycles. The third kappa shape index (κ3) is 4.39. The van der Waals surface area contributed by atoms with Crippen molar-refractivity contribution in [2.75, 3.05) is 0 Å². The van der Waals surface area contributed by atoms with Crippen LogP contribution in [0.4, 0.5) is 0 Å². The van der Waals surface area contributed by atoms with Crippen LogP contribution in [-0.2, 0) is 0 Å². The van der Waals surface area contributed by atoms with E-state index in [1.807, 2.05) is 26.2 Å². The van der Waals surface area contributed by atoms with Gasteiger partial charge in [-0.2, -0.15) is 0 Å². The van der Waals surface area contributed by atoms with Crippen LogP contribution in [0.25, 0.3) is 22.3 Å². The van der Waals surface area contributed by atoms with Crippen molar-refractivity contribution in [3.63, 3.8) is 0 Å². The zero-order chi connectivity index (χ0) is 19.2. The Morgan fingerprint density at radius 3 is 2.11 bits per heavy atom. The Labute approximate surface area is 163 Å². The lowest BCUT2D eigenvalue weighted by Gasteiger charge is -2.26. The van der Waals surface area contributed by atoms with Gasteiger partial charge in [-0.25, -0.2) is 0 Å². The standard InChI is InChI=1S/C23H23NO.C2H6/c1-16-12-13-24-15-23(16)22-11-8-19(14-17(22)2)18-6-9-21(10-7-18)25-20-4-3-5-20;1-2/h6-15,20H,3-5H2,1-2H3;1-2H3. The van der Waals surface area contributed by atoms with Crippen molar-refractivity contribution >= 4 is 0 Å². The van der Waals surface area contributed by atoms with Gasteiger partial charge >= 0.3 is 0 Å². The largest absolute Gasteiger partial charge is 0.490 e. The number of ether oxygens (including phenoxy) is 1. The zero-order valence-electron chi connectivity index (χ0n) is 16.8. The Balaban J connectivity index is 0.00000102. The SMILES string of the molecule is CC.Cc1cc(-c2ccc(OC3CCC3)cc2)ccc1-c1cnccc1C. The summed E-state index contributed by atoms with van der Waals surface area (Å²) in [4.78, 5) is 4.27. The molecule has 0 radical (unpaired) electrons. The molecule has 2 heteroatoms. The van der Waals surface area contributed by atoms with Crippen LogP contribution in [0.3, 0.4) is 0 Å². The van der Waals surface area contributed by atoms with Crippen molar-refractivity contribution in [3.05, 3.63) is 72.1 Å². The number of aromatic nitrogens is 1. The van der Waals surface area contributed by atoms with Gasteiger partial charge in [-0.05, 0) is 79.1 Å². The van der Waals surface area contributed by atoms with E-state index in [9.17, 15) is 0 Å². The van der Waals surface area contributed by atoms with Crippen LogP contribution in [0.1, 0.15) is 44.2 Å². The minimum Gasteiger partial charge on any atom is -0.490 e. The van der Waals surface area contributed by atoms with E-state index in [0.717, 1.165) is 5.75 Å². The molecule has 0 bridgehead atoms. The highest BCUT2D eigenvalue weighted by molar-refractivity contribution is 5.74. The Morgan fingerprint density at radius 2 is 1.52 bits per heavy atom. The first kappa shape index (κ1) is 19.2. The molecule has 4 rings (SSSR count). The molecule has 0 N–H and O–H groups in total. The molecule has 1 heterocycles. The van der Waals surface area contributed by atoms with E-state index in [0.29, 0.717) is 6.10 Å². The highest BCUT2D eigenvalue weighted by atomic mass is 16.5. The maximum atomic E-state index is 5.95. The highest BCUT2D eigenvalue weighted by Gasteiger charge is 2.18. The summed E-state index contributed by atoms with van der Waals surface area (Å²) in [5, 5.41) is 0. The summed E-state index contributed by atoms with van der Waals surface area (Å²) in [5.41, 5.74) is 7.43. The van der Waals surface area contributed by atoms with Crippen molar-refractivity contribution in [3.8, 4) is 28.0 Å². The van der Waals surface area contributed by atoms with Gasteiger partial charge in [0.25, 0.3) is 0 Å². The molecule has 0 saturated heterocycles. The van der Waals surface area contributed by atoms with Gasteiger partial charge in [0, 0.05) is 18.0 Å². The first-order valence-corrected chi connectivity index (χ1v) is 9.99. The van der Waals surface area contributed by atoms with Crippen molar-refractivity contribution in [1.29, 1.82) is 0 Å². The molecule has 0 unspecified atom stereocenters. The van der Waals surface area contributed by atoms with Crippen LogP contribution in [0.5, 0.6) is 5.75 Å². The third-order valence-electron chi connectivity index (χ3n) is 5.10. The topological polar surface area (TPSA) is 22.1 Å². The van der Waals surface area contributed by atoms with Gasteiger partial charge in [0.05, 0.1) is 6.10 Å². The molecule has 2 nitrogen and oxygen atoms in total. The molecule has 2 aromatic carbocycles. The lowest BCUT2D eigenvalue weighted by molar-refractivity contribution is 0.120. The summed E-state index contributed by atoms with van der Waals surface area (Å²) >= 11 is 0. The number of hydrogen-bond donors (Lipinski definition) is 0. The number of aryl methyl sites for hydroxylation is 2. The van der Waals surface area contributed by atoms with Crippen molar-refractivity contribution in [1.82, 2.24) is 4.98 Å². The molecule has 1 saturated carbocycles. The van der Waals surface area contributed by atoms with Gasteiger partial charge < -0.3 is 4.74 Å². The summed E-state index contributed by atoms with van der Waals surface area (Å²) in [5.74, 6) is 0.979. The maximum Gasteiger partial charge on any atom is 0.119 e. The number of nitrogens with zero attached hydrogens (tertiary/aromatic N) is 1. The molecule has 27 heavy (non-hydrogen) atoms. The summed E-state index contributed by atoms with van der Waals surface area (Å²) < 4.78 is 5.95. The second-order valence-corrected chi connectivity index (χ2v) is 6.92. The fourth-order valence-electron chi connectivity index (χ4n) is 3.30. The van der Waals surface area contributed by atoms with Crippen LogP contribution < -0.4 is 4.74 Å². The van der Waals surface area contributed by atoms with Crippen LogP contribution >= 0.6 is 0 Å². The van der Waals surface area contributed by atoms with Crippen molar-refractivity contribution in [2.45, 2.75) is 53.1 Å². The van der Waals surface area contributed by atoms with Crippen LogP contribution in [0, 0.1) is 13.8 Å². The number of hydrogen-bond acceptors (Lipinski definition) is 2. The Hall–Kier alpha value is -2.61. The van der Waals surface area contributed by atoms with Crippen LogP contribution in [0.15, 0.2) is 60.9 Å². The fraction of sp³-hybridized carbons (Fsp3) is 0.320. The molecular formula is C25H29NO. The Kier molecular flexibility index (Phi) is 6.28. The molecule has 1 aliphatic rings. The molecule has 140 valence electrons. The van der Waals surface area contributed by atoms with E-state index in [-0.39, 0.29) is 0 Å². The first-order valence-electron chi connectivity index (χ1n) is 9.99. The Morgan fingerprint density at radius 1 is 0.815 bits per heavy atom. The molecular weight excluding hydrogens is 330 g/mol. The van der Waals surface area contributed by atoms with Gasteiger partial charge in [-0.3, -0.25) is 4.98 Å². The maximum absolute atomic E-state index is 5.95. The van der Waals surface area contributed by atoms with E-state index >= 15 is 0 Å². The second kappa shape index (κ2) is 8.85. The summed E-state index contributed by atoms with van der Waals surface area (Å²) in [7, 11) is 0. The lowest BCUT2D eigenvalue weighted by atomic mass is 9.94. The monoisotopic (exact) mass is 359 g/mol. The van der Waals surface area contributed by atoms with E-state index in [1.54, 1.807) is 0 Å². The molecule has 0 aliphatic heterocycles. The minimum absolute atomic E-state index is 0.426. The van der Waals surface area contributed by atoms with Crippen molar-refractivity contribution < 1.29 is 4.74 Å². The third-order valence-corrected chi connectivity index (χ3v) is 5.10. The molecule has 0 atom stereocenters. The average molecular weight is 360 g/mol. The Bertz CT molecular complexity index is 879. The van der Waals surface area contributed by atoms with E-state index < -0.39 is 0 Å². The predicted octanol–water partition coefficient (Wildman–Crippen LogP) is 6.99. The molecule has 0 spiro atoms. The van der Waals surface area contributed by atoms with E-state index in [2.05, 4.69) is 67.4 Å². The molecule has 1 fully saturated rings. The molecule has 1 aliphatic carbocycles. The number of pyridine rings is 1. The first-order chi connectivity index (χ1) is 13.2. The highest BCUT2D eigenvalue weighted by Crippen LogP contribution is 2.31. The van der Waals surface area contributed by atoms with E-state index in [1.165, 1.54) is 52.6 Å². The van der Waals surface area contributed by atoms with Crippen molar-refractivity contribution in [2.24, 2.45) is 0 Å². The summed E-state index contributed by atoms with van der Waals surface area (Å²) in [6, 6.07) is 17.2. The predicted molar refractivity (Wildman–Crippen MR) is 114 cm³/mol. The van der Waals surface area contributed by atoms with Gasteiger partial charge in [0.15, 0.2) is 0 Å². The van der Waals surface area contributed by atoms with Crippen LogP contribution in [0.2, 0.25) is 0 Å². The fourth-order valence-corrected chi connectivity index (χ4v) is 3.30. The van der Waals surface area contributed by atoms with Gasteiger partial charge in [-0.1, -0.05) is 44.2 Å². The second-order valence-electron chi connectivity index (χ2n) is 6.92. The normalized spacial score (nSPS) is 13.3. The number of rotatable bonds is 4. The van der Waals surface area contributed by atoms with Gasteiger partial charge in [0.1, 0.15) is 5.75 Å². The zero-order valence-corrected chi connectivity index (χ0v) is 16.8. The minimum atomic E-state index is 0.426. The van der Waals surface area contributed by atoms with E-state index in [4.69, 9.17) is 4.74 Å². The number of benzene rings is 2. The molecule has 3 aromatic rings.